The van der Waals surface area contributed by atoms with Gasteiger partial charge < -0.3 is 15.1 Å². The van der Waals surface area contributed by atoms with Gasteiger partial charge in [0.1, 0.15) is 13.1 Å². The Morgan fingerprint density at radius 2 is 1.52 bits per heavy atom. The van der Waals surface area contributed by atoms with Crippen molar-refractivity contribution in [1.29, 1.82) is 0 Å². The summed E-state index contributed by atoms with van der Waals surface area (Å²) < 4.78 is 0.877. The smallest absolute Gasteiger partial charge is 0.323 e. The van der Waals surface area contributed by atoms with Gasteiger partial charge in [0.25, 0.3) is 0 Å². The molecule has 1 amide bonds. The highest BCUT2D eigenvalue weighted by molar-refractivity contribution is 9.10. The lowest BCUT2D eigenvalue weighted by Crippen LogP contribution is -2.44. The maximum atomic E-state index is 12.6. The number of hydrogen-bond donors (Lipinski definition) is 2. The second-order valence-corrected chi connectivity index (χ2v) is 5.95. The molecule has 2 N–H and O–H groups in total. The van der Waals surface area contributed by atoms with Crippen molar-refractivity contribution in [3.05, 3.63) is 34.3 Å². The second-order valence-electron chi connectivity index (χ2n) is 5.04. The molecular weight excluding hydrogens is 342 g/mol. The summed E-state index contributed by atoms with van der Waals surface area (Å²) in [6.45, 7) is -1.22. The molecule has 0 unspecified atom stereocenters. The van der Waals surface area contributed by atoms with Crippen molar-refractivity contribution in [2.24, 2.45) is 0 Å². The van der Waals surface area contributed by atoms with Crippen molar-refractivity contribution in [2.75, 3.05) is 13.1 Å². The normalized spacial score (nSPS) is 15.3. The summed E-state index contributed by atoms with van der Waals surface area (Å²) >= 11 is 3.31. The number of nitrogens with zero attached hydrogens (tertiary/aromatic N) is 1. The number of hydrogen-bond acceptors (Lipinski definition) is 3. The fraction of sp³-hybridized carbons (Fsp3) is 0.357. The van der Waals surface area contributed by atoms with Gasteiger partial charge in [-0.1, -0.05) is 28.1 Å². The number of rotatable bonds is 6. The van der Waals surface area contributed by atoms with Crippen LogP contribution in [0.1, 0.15) is 18.4 Å². The maximum Gasteiger partial charge on any atom is 0.323 e. The third kappa shape index (κ3) is 3.41. The highest BCUT2D eigenvalue weighted by atomic mass is 79.9. The Kier molecular flexibility index (Phi) is 4.32. The standard InChI is InChI=1S/C14H14BrNO5/c15-10-3-1-9(2-4-10)14(5-6-14)13(21)16(7-11(17)18)8-12(19)20/h1-4H,5-8H2,(H,17,18)(H,19,20). The van der Waals surface area contributed by atoms with E-state index in [1.807, 2.05) is 0 Å². The molecule has 1 aromatic rings. The molecule has 0 aromatic heterocycles. The number of carboxylic acid groups (broad SMARTS) is 2. The minimum atomic E-state index is -1.23. The van der Waals surface area contributed by atoms with Gasteiger partial charge in [-0.3, -0.25) is 14.4 Å². The predicted molar refractivity (Wildman–Crippen MR) is 76.9 cm³/mol. The van der Waals surface area contributed by atoms with E-state index in [-0.39, 0.29) is 0 Å². The molecule has 0 atom stereocenters. The van der Waals surface area contributed by atoms with Gasteiger partial charge in [-0.2, -0.15) is 0 Å². The fourth-order valence-electron chi connectivity index (χ4n) is 2.35. The second kappa shape index (κ2) is 5.85. The summed E-state index contributed by atoms with van der Waals surface area (Å²) in [5.41, 5.74) is 0.0162. The third-order valence-corrected chi connectivity index (χ3v) is 4.02. The SMILES string of the molecule is O=C(O)CN(CC(=O)O)C(=O)C1(c2ccc(Br)cc2)CC1. The number of carbonyl (C=O) groups is 3. The Balaban J connectivity index is 2.24. The first-order chi connectivity index (χ1) is 9.85. The molecule has 1 aliphatic carbocycles. The first kappa shape index (κ1) is 15.5. The van der Waals surface area contributed by atoms with E-state index in [4.69, 9.17) is 10.2 Å². The average molecular weight is 356 g/mol. The lowest BCUT2D eigenvalue weighted by atomic mass is 9.94. The summed E-state index contributed by atoms with van der Waals surface area (Å²) in [5.74, 6) is -2.89. The quantitative estimate of drug-likeness (QED) is 0.805. The molecule has 1 aliphatic rings. The monoisotopic (exact) mass is 355 g/mol. The number of amides is 1. The Morgan fingerprint density at radius 1 is 1.05 bits per heavy atom. The molecule has 0 bridgehead atoms. The van der Waals surface area contributed by atoms with E-state index < -0.39 is 36.4 Å². The summed E-state index contributed by atoms with van der Waals surface area (Å²) in [4.78, 5) is 35.1. The van der Waals surface area contributed by atoms with E-state index in [0.29, 0.717) is 12.8 Å². The van der Waals surface area contributed by atoms with Gasteiger partial charge >= 0.3 is 11.9 Å². The number of halogens is 1. The zero-order valence-electron chi connectivity index (χ0n) is 11.1. The molecule has 1 aromatic carbocycles. The molecule has 21 heavy (non-hydrogen) atoms. The van der Waals surface area contributed by atoms with Crippen LogP contribution in [0.3, 0.4) is 0 Å². The summed E-state index contributed by atoms with van der Waals surface area (Å²) in [7, 11) is 0. The molecule has 7 heteroatoms. The van der Waals surface area contributed by atoms with Gasteiger partial charge in [0.15, 0.2) is 0 Å². The first-order valence-electron chi connectivity index (χ1n) is 6.34. The van der Waals surface area contributed by atoms with Crippen molar-refractivity contribution in [3.8, 4) is 0 Å². The highest BCUT2D eigenvalue weighted by Crippen LogP contribution is 2.49. The van der Waals surface area contributed by atoms with Crippen LogP contribution in [-0.2, 0) is 19.8 Å². The van der Waals surface area contributed by atoms with E-state index >= 15 is 0 Å². The van der Waals surface area contributed by atoms with Gasteiger partial charge in [0, 0.05) is 4.47 Å². The van der Waals surface area contributed by atoms with Crippen LogP contribution >= 0.6 is 15.9 Å². The van der Waals surface area contributed by atoms with E-state index in [2.05, 4.69) is 15.9 Å². The molecule has 1 fully saturated rings. The summed E-state index contributed by atoms with van der Waals surface area (Å²) in [6.07, 6.45) is 1.20. The van der Waals surface area contributed by atoms with Crippen LogP contribution in [0.2, 0.25) is 0 Å². The number of aliphatic carboxylic acids is 2. The predicted octanol–water partition coefficient (Wildman–Crippen LogP) is 1.48. The largest absolute Gasteiger partial charge is 0.480 e. The summed E-state index contributed by atoms with van der Waals surface area (Å²) in [5, 5.41) is 17.7. The molecule has 0 spiro atoms. The van der Waals surface area contributed by atoms with Crippen LogP contribution < -0.4 is 0 Å². The minimum Gasteiger partial charge on any atom is -0.480 e. The van der Waals surface area contributed by atoms with Crippen molar-refractivity contribution < 1.29 is 24.6 Å². The van der Waals surface area contributed by atoms with E-state index in [0.717, 1.165) is 14.9 Å². The molecule has 6 nitrogen and oxygen atoms in total. The van der Waals surface area contributed by atoms with Crippen LogP contribution in [0.15, 0.2) is 28.7 Å². The lowest BCUT2D eigenvalue weighted by molar-refractivity contribution is -0.150. The molecule has 0 saturated heterocycles. The van der Waals surface area contributed by atoms with Crippen molar-refractivity contribution in [3.63, 3.8) is 0 Å². The van der Waals surface area contributed by atoms with Crippen molar-refractivity contribution in [1.82, 2.24) is 4.90 Å². The number of carbonyl (C=O) groups excluding carboxylic acids is 1. The van der Waals surface area contributed by atoms with Gasteiger partial charge in [-0.05, 0) is 30.5 Å². The van der Waals surface area contributed by atoms with E-state index in [1.54, 1.807) is 24.3 Å². The van der Waals surface area contributed by atoms with Crippen molar-refractivity contribution in [2.45, 2.75) is 18.3 Å². The Morgan fingerprint density at radius 3 is 1.90 bits per heavy atom. The Hall–Kier alpha value is -1.89. The molecule has 2 rings (SSSR count). The van der Waals surface area contributed by atoms with E-state index in [1.165, 1.54) is 0 Å². The maximum absolute atomic E-state index is 12.6. The van der Waals surface area contributed by atoms with Crippen LogP contribution in [0.5, 0.6) is 0 Å². The molecule has 112 valence electrons. The van der Waals surface area contributed by atoms with Gasteiger partial charge in [-0.25, -0.2) is 0 Å². The third-order valence-electron chi connectivity index (χ3n) is 3.50. The zero-order valence-corrected chi connectivity index (χ0v) is 12.7. The van der Waals surface area contributed by atoms with Gasteiger partial charge in [-0.15, -0.1) is 0 Å². The first-order valence-corrected chi connectivity index (χ1v) is 7.13. The minimum absolute atomic E-state index is 0.436. The van der Waals surface area contributed by atoms with Crippen LogP contribution in [0, 0.1) is 0 Å². The highest BCUT2D eigenvalue weighted by Gasteiger charge is 2.53. The average Bonchev–Trinajstić information content (AvgIpc) is 3.18. The van der Waals surface area contributed by atoms with Crippen LogP contribution in [0.4, 0.5) is 0 Å². The Labute approximate surface area is 129 Å². The molecule has 0 aliphatic heterocycles. The Bertz CT molecular complexity index is 564. The van der Waals surface area contributed by atoms with E-state index in [9.17, 15) is 14.4 Å². The lowest BCUT2D eigenvalue weighted by Gasteiger charge is -2.24. The van der Waals surface area contributed by atoms with Crippen LogP contribution in [-0.4, -0.2) is 46.0 Å². The topological polar surface area (TPSA) is 94.9 Å². The number of carboxylic acids is 2. The fourth-order valence-corrected chi connectivity index (χ4v) is 2.61. The van der Waals surface area contributed by atoms with Crippen LogP contribution in [0.25, 0.3) is 0 Å². The summed E-state index contributed by atoms with van der Waals surface area (Å²) in [6, 6.07) is 7.21. The van der Waals surface area contributed by atoms with Gasteiger partial charge in [0.2, 0.25) is 5.91 Å². The molecule has 0 heterocycles. The zero-order chi connectivity index (χ0) is 15.6. The number of benzene rings is 1. The molecule has 0 radical (unpaired) electrons. The molecule has 1 saturated carbocycles. The van der Waals surface area contributed by atoms with Gasteiger partial charge in [0.05, 0.1) is 5.41 Å². The molecular formula is C14H14BrNO5. The van der Waals surface area contributed by atoms with Crippen molar-refractivity contribution >= 4 is 33.8 Å².